The fraction of sp³-hybridized carbons (Fsp3) is 0.417. The number of nitro benzene ring substituents is 1. The van der Waals surface area contributed by atoms with Gasteiger partial charge in [-0.25, -0.2) is 4.79 Å². The highest BCUT2D eigenvalue weighted by molar-refractivity contribution is 5.74. The van der Waals surface area contributed by atoms with Crippen molar-refractivity contribution in [2.45, 2.75) is 26.5 Å². The Balaban J connectivity index is 2.94. The van der Waals surface area contributed by atoms with Crippen molar-refractivity contribution < 1.29 is 19.2 Å². The summed E-state index contributed by atoms with van der Waals surface area (Å²) in [6.07, 6.45) is -0.914. The van der Waals surface area contributed by atoms with Crippen molar-refractivity contribution in [3.63, 3.8) is 0 Å². The molecule has 0 aliphatic heterocycles. The molecular weight excluding hydrogens is 252 g/mol. The first-order valence-electron chi connectivity index (χ1n) is 5.80. The van der Waals surface area contributed by atoms with Gasteiger partial charge in [0.1, 0.15) is 0 Å². The average Bonchev–Trinajstić information content (AvgIpc) is 2.39. The largest absolute Gasteiger partial charge is 0.472 e. The van der Waals surface area contributed by atoms with Gasteiger partial charge in [0.05, 0.1) is 11.5 Å². The molecule has 0 spiro atoms. The van der Waals surface area contributed by atoms with Crippen LogP contribution in [0.25, 0.3) is 0 Å². The van der Waals surface area contributed by atoms with Crippen LogP contribution in [0, 0.1) is 10.1 Å². The molecule has 7 nitrogen and oxygen atoms in total. The zero-order valence-electron chi connectivity index (χ0n) is 10.8. The molecule has 0 aliphatic carbocycles. The first kappa shape index (κ1) is 14.9. The highest BCUT2D eigenvalue weighted by Crippen LogP contribution is 2.28. The van der Waals surface area contributed by atoms with E-state index in [1.165, 1.54) is 19.1 Å². The Morgan fingerprint density at radius 2 is 2.21 bits per heavy atom. The van der Waals surface area contributed by atoms with Crippen LogP contribution in [-0.4, -0.2) is 23.6 Å². The quantitative estimate of drug-likeness (QED) is 0.474. The lowest BCUT2D eigenvalue weighted by atomic mass is 10.2. The number of carbonyl (C=O) groups excluding carboxylic acids is 1. The van der Waals surface area contributed by atoms with E-state index in [1.54, 1.807) is 13.0 Å². The topological polar surface area (TPSA) is 105 Å². The maximum atomic E-state index is 11.4. The van der Waals surface area contributed by atoms with Crippen molar-refractivity contribution in [3.8, 4) is 5.75 Å². The summed E-state index contributed by atoms with van der Waals surface area (Å²) in [7, 11) is 0. The standard InChI is InChI=1S/C12H16N2O5/c1-3-18-12(15)8(2)19-11-5-4-9(7-13)6-10(11)14(16)17/h4-6,8H,3,7,13H2,1-2H3. The maximum Gasteiger partial charge on any atom is 0.347 e. The van der Waals surface area contributed by atoms with E-state index in [0.29, 0.717) is 5.56 Å². The monoisotopic (exact) mass is 268 g/mol. The third kappa shape index (κ3) is 3.92. The van der Waals surface area contributed by atoms with Crippen LogP contribution < -0.4 is 10.5 Å². The Hall–Kier alpha value is -2.15. The summed E-state index contributed by atoms with van der Waals surface area (Å²) in [5.74, 6) is -0.553. The van der Waals surface area contributed by atoms with Gasteiger partial charge in [0.25, 0.3) is 0 Å². The van der Waals surface area contributed by atoms with Crippen LogP contribution >= 0.6 is 0 Å². The predicted molar refractivity (Wildman–Crippen MR) is 67.7 cm³/mol. The molecule has 19 heavy (non-hydrogen) atoms. The number of esters is 1. The molecule has 0 amide bonds. The van der Waals surface area contributed by atoms with Crippen molar-refractivity contribution in [2.24, 2.45) is 5.73 Å². The lowest BCUT2D eigenvalue weighted by molar-refractivity contribution is -0.386. The maximum absolute atomic E-state index is 11.4. The van der Waals surface area contributed by atoms with Crippen molar-refractivity contribution in [1.29, 1.82) is 0 Å². The number of nitrogens with zero attached hydrogens (tertiary/aromatic N) is 1. The zero-order chi connectivity index (χ0) is 14.4. The second-order valence-electron chi connectivity index (χ2n) is 3.78. The molecule has 1 aromatic rings. The number of hydrogen-bond acceptors (Lipinski definition) is 6. The van der Waals surface area contributed by atoms with Gasteiger partial charge in [-0.15, -0.1) is 0 Å². The Labute approximate surface area is 110 Å². The summed E-state index contributed by atoms with van der Waals surface area (Å²) in [6, 6.07) is 4.36. The van der Waals surface area contributed by atoms with Gasteiger partial charge in [0.2, 0.25) is 0 Å². The van der Waals surface area contributed by atoms with Gasteiger partial charge in [0.15, 0.2) is 11.9 Å². The van der Waals surface area contributed by atoms with E-state index in [0.717, 1.165) is 0 Å². The van der Waals surface area contributed by atoms with E-state index in [4.69, 9.17) is 15.2 Å². The Kier molecular flexibility index (Phi) is 5.25. The summed E-state index contributed by atoms with van der Waals surface area (Å²) in [5, 5.41) is 10.9. The minimum absolute atomic E-state index is 0.0164. The molecule has 0 saturated heterocycles. The van der Waals surface area contributed by atoms with Crippen molar-refractivity contribution in [1.82, 2.24) is 0 Å². The number of benzene rings is 1. The second kappa shape index (κ2) is 6.69. The van der Waals surface area contributed by atoms with Crippen molar-refractivity contribution in [3.05, 3.63) is 33.9 Å². The van der Waals surface area contributed by atoms with E-state index < -0.39 is 17.0 Å². The molecule has 0 aliphatic rings. The van der Waals surface area contributed by atoms with Crippen LogP contribution in [-0.2, 0) is 16.1 Å². The van der Waals surface area contributed by atoms with E-state index in [1.807, 2.05) is 0 Å². The fourth-order valence-electron chi connectivity index (χ4n) is 1.43. The molecule has 104 valence electrons. The van der Waals surface area contributed by atoms with Gasteiger partial charge < -0.3 is 15.2 Å². The van der Waals surface area contributed by atoms with Gasteiger partial charge in [-0.3, -0.25) is 10.1 Å². The van der Waals surface area contributed by atoms with E-state index in [2.05, 4.69) is 0 Å². The number of ether oxygens (including phenoxy) is 2. The van der Waals surface area contributed by atoms with Crippen LogP contribution in [0.1, 0.15) is 19.4 Å². The minimum Gasteiger partial charge on any atom is -0.472 e. The van der Waals surface area contributed by atoms with Gasteiger partial charge in [-0.05, 0) is 25.5 Å². The number of nitrogens with two attached hydrogens (primary N) is 1. The van der Waals surface area contributed by atoms with E-state index in [9.17, 15) is 14.9 Å². The summed E-state index contributed by atoms with van der Waals surface area (Å²) in [6.45, 7) is 3.55. The number of hydrogen-bond donors (Lipinski definition) is 1. The van der Waals surface area contributed by atoms with Gasteiger partial charge in [-0.2, -0.15) is 0 Å². The molecule has 1 rings (SSSR count). The normalized spacial score (nSPS) is 11.7. The van der Waals surface area contributed by atoms with Crippen LogP contribution in [0.4, 0.5) is 5.69 Å². The molecule has 0 bridgehead atoms. The molecule has 0 fully saturated rings. The first-order chi connectivity index (χ1) is 8.99. The molecule has 7 heteroatoms. The summed E-state index contributed by atoms with van der Waals surface area (Å²) >= 11 is 0. The third-order valence-corrected chi connectivity index (χ3v) is 2.38. The van der Waals surface area contributed by atoms with Crippen LogP contribution in [0.5, 0.6) is 5.75 Å². The Morgan fingerprint density at radius 1 is 1.53 bits per heavy atom. The molecule has 0 radical (unpaired) electrons. The smallest absolute Gasteiger partial charge is 0.347 e. The second-order valence-corrected chi connectivity index (χ2v) is 3.78. The average molecular weight is 268 g/mol. The molecule has 1 atom stereocenters. The molecule has 1 aromatic carbocycles. The SMILES string of the molecule is CCOC(=O)C(C)Oc1ccc(CN)cc1[N+](=O)[O-]. The highest BCUT2D eigenvalue weighted by atomic mass is 16.6. The molecule has 2 N–H and O–H groups in total. The van der Waals surface area contributed by atoms with Crippen molar-refractivity contribution in [2.75, 3.05) is 6.61 Å². The fourth-order valence-corrected chi connectivity index (χ4v) is 1.43. The lowest BCUT2D eigenvalue weighted by Crippen LogP contribution is -2.26. The number of nitro groups is 1. The number of rotatable bonds is 6. The van der Waals surface area contributed by atoms with Crippen LogP contribution in [0.15, 0.2) is 18.2 Å². The predicted octanol–water partition coefficient (Wildman–Crippen LogP) is 1.38. The molecule has 1 unspecified atom stereocenters. The Bertz CT molecular complexity index is 475. The Morgan fingerprint density at radius 3 is 2.74 bits per heavy atom. The third-order valence-electron chi connectivity index (χ3n) is 2.38. The summed E-state index contributed by atoms with van der Waals surface area (Å²) in [5.41, 5.74) is 5.81. The van der Waals surface area contributed by atoms with E-state index in [-0.39, 0.29) is 24.6 Å². The van der Waals surface area contributed by atoms with Crippen LogP contribution in [0.3, 0.4) is 0 Å². The molecule has 0 saturated carbocycles. The van der Waals surface area contributed by atoms with E-state index >= 15 is 0 Å². The number of carbonyl (C=O) groups is 1. The zero-order valence-corrected chi connectivity index (χ0v) is 10.8. The first-order valence-corrected chi connectivity index (χ1v) is 5.80. The van der Waals surface area contributed by atoms with Gasteiger partial charge in [0, 0.05) is 12.6 Å². The summed E-state index contributed by atoms with van der Waals surface area (Å²) < 4.78 is 10.0. The highest BCUT2D eigenvalue weighted by Gasteiger charge is 2.22. The molecule has 0 heterocycles. The molecular formula is C12H16N2O5. The summed E-state index contributed by atoms with van der Waals surface area (Å²) in [4.78, 5) is 21.8. The lowest BCUT2D eigenvalue weighted by Gasteiger charge is -2.13. The molecule has 0 aromatic heterocycles. The van der Waals surface area contributed by atoms with Gasteiger partial charge >= 0.3 is 11.7 Å². The van der Waals surface area contributed by atoms with Gasteiger partial charge in [-0.1, -0.05) is 6.07 Å². The van der Waals surface area contributed by atoms with Crippen molar-refractivity contribution >= 4 is 11.7 Å². The minimum atomic E-state index is -0.914. The van der Waals surface area contributed by atoms with Crippen LogP contribution in [0.2, 0.25) is 0 Å².